The molecule has 2 atom stereocenters. The van der Waals surface area contributed by atoms with E-state index in [-0.39, 0.29) is 16.6 Å². The zero-order valence-corrected chi connectivity index (χ0v) is 12.9. The first-order valence-corrected chi connectivity index (χ1v) is 7.63. The summed E-state index contributed by atoms with van der Waals surface area (Å²) in [5, 5.41) is 4.21. The van der Waals surface area contributed by atoms with Gasteiger partial charge in [0, 0.05) is 28.7 Å². The summed E-state index contributed by atoms with van der Waals surface area (Å²) in [4.78, 5) is 16.8. The molecule has 2 saturated carbocycles. The molecule has 0 aromatic carbocycles. The first kappa shape index (κ1) is 14.1. The van der Waals surface area contributed by atoms with Crippen LogP contribution < -0.4 is 5.56 Å². The van der Waals surface area contributed by atoms with Crippen LogP contribution in [0.15, 0.2) is 10.9 Å². The Hall–Kier alpha value is -1.56. The molecule has 0 saturated heterocycles. The molecule has 22 heavy (non-hydrogen) atoms. The van der Waals surface area contributed by atoms with E-state index in [1.54, 1.807) is 19.9 Å². The van der Waals surface area contributed by atoms with Crippen molar-refractivity contribution in [2.24, 2.45) is 11.8 Å². The molecule has 2 aliphatic carbocycles. The van der Waals surface area contributed by atoms with Crippen LogP contribution in [-0.4, -0.2) is 20.5 Å². The number of rotatable bonds is 1. The van der Waals surface area contributed by atoms with E-state index in [1.807, 2.05) is 0 Å². The van der Waals surface area contributed by atoms with Crippen LogP contribution in [0.25, 0.3) is 5.65 Å². The maximum absolute atomic E-state index is 13.4. The predicted molar refractivity (Wildman–Crippen MR) is 77.6 cm³/mol. The standard InChI is InChI=1S/C15H14ClF2N3O/c1-6-7(2)19-13-9(5-12(16)20-21(13)14(6)22)8-3-10-11(4-8)15(10,17)18/h5,8,10-11H,3-4H2,1-2H3. The van der Waals surface area contributed by atoms with E-state index in [2.05, 4.69) is 10.1 Å². The van der Waals surface area contributed by atoms with Crippen molar-refractivity contribution in [1.82, 2.24) is 14.6 Å². The molecule has 4 rings (SSSR count). The van der Waals surface area contributed by atoms with E-state index >= 15 is 0 Å². The molecule has 0 bridgehead atoms. The van der Waals surface area contributed by atoms with Crippen LogP contribution in [0.2, 0.25) is 5.15 Å². The van der Waals surface area contributed by atoms with Crippen LogP contribution in [0.1, 0.15) is 35.6 Å². The summed E-state index contributed by atoms with van der Waals surface area (Å²) in [6, 6.07) is 1.66. The van der Waals surface area contributed by atoms with Gasteiger partial charge in [-0.2, -0.15) is 9.61 Å². The fourth-order valence-electron chi connectivity index (χ4n) is 3.66. The Labute approximate surface area is 130 Å². The lowest BCUT2D eigenvalue weighted by Gasteiger charge is -2.17. The lowest BCUT2D eigenvalue weighted by molar-refractivity contribution is 0.0696. The minimum atomic E-state index is -2.51. The molecule has 2 fully saturated rings. The lowest BCUT2D eigenvalue weighted by atomic mass is 9.94. The van der Waals surface area contributed by atoms with E-state index in [9.17, 15) is 13.6 Å². The number of aromatic nitrogens is 3. The molecule has 2 aromatic rings. The molecule has 0 N–H and O–H groups in total. The molecular formula is C15H14ClF2N3O. The number of alkyl halides is 2. The van der Waals surface area contributed by atoms with Gasteiger partial charge in [-0.25, -0.2) is 13.8 Å². The Bertz CT molecular complexity index is 850. The van der Waals surface area contributed by atoms with Gasteiger partial charge >= 0.3 is 0 Å². The SMILES string of the molecule is Cc1nc2c(C3CC4C(C3)C4(F)F)cc(Cl)nn2c(=O)c1C. The fourth-order valence-corrected chi connectivity index (χ4v) is 3.86. The fraction of sp³-hybridized carbons (Fsp3) is 0.533. The Morgan fingerprint density at radius 2 is 1.95 bits per heavy atom. The van der Waals surface area contributed by atoms with Crippen molar-refractivity contribution >= 4 is 17.2 Å². The molecule has 2 aliphatic rings. The highest BCUT2D eigenvalue weighted by molar-refractivity contribution is 6.29. The van der Waals surface area contributed by atoms with Crippen LogP contribution in [0.4, 0.5) is 8.78 Å². The van der Waals surface area contributed by atoms with Gasteiger partial charge in [-0.3, -0.25) is 4.79 Å². The zero-order valence-electron chi connectivity index (χ0n) is 12.1. The molecule has 2 heterocycles. The van der Waals surface area contributed by atoms with Crippen LogP contribution in [0.3, 0.4) is 0 Å². The third-order valence-electron chi connectivity index (χ3n) is 5.14. The molecule has 2 aromatic heterocycles. The van der Waals surface area contributed by atoms with Crippen molar-refractivity contribution in [2.75, 3.05) is 0 Å². The maximum Gasteiger partial charge on any atom is 0.277 e. The average Bonchev–Trinajstić information content (AvgIpc) is 2.84. The number of hydrogen-bond donors (Lipinski definition) is 0. The van der Waals surface area contributed by atoms with Gasteiger partial charge in [0.25, 0.3) is 11.5 Å². The number of hydrogen-bond acceptors (Lipinski definition) is 3. The predicted octanol–water partition coefficient (Wildman–Crippen LogP) is 3.12. The van der Waals surface area contributed by atoms with Crippen LogP contribution in [0.5, 0.6) is 0 Å². The van der Waals surface area contributed by atoms with Crippen molar-refractivity contribution in [2.45, 2.75) is 38.5 Å². The van der Waals surface area contributed by atoms with Gasteiger partial charge in [0.05, 0.1) is 0 Å². The molecule has 4 nitrogen and oxygen atoms in total. The Morgan fingerprint density at radius 1 is 1.32 bits per heavy atom. The van der Waals surface area contributed by atoms with E-state index in [1.165, 1.54) is 4.52 Å². The first-order valence-electron chi connectivity index (χ1n) is 7.25. The number of aryl methyl sites for hydroxylation is 1. The van der Waals surface area contributed by atoms with E-state index in [4.69, 9.17) is 11.6 Å². The van der Waals surface area contributed by atoms with Gasteiger partial charge < -0.3 is 0 Å². The highest BCUT2D eigenvalue weighted by Crippen LogP contribution is 2.67. The third-order valence-corrected chi connectivity index (χ3v) is 5.33. The summed E-state index contributed by atoms with van der Waals surface area (Å²) in [5.41, 5.74) is 2.07. The Kier molecular flexibility index (Phi) is 2.72. The van der Waals surface area contributed by atoms with Gasteiger partial charge in [-0.1, -0.05) is 11.6 Å². The summed E-state index contributed by atoms with van der Waals surface area (Å²) in [7, 11) is 0. The van der Waals surface area contributed by atoms with Gasteiger partial charge in [-0.05, 0) is 38.7 Å². The molecule has 7 heteroatoms. The minimum Gasteiger partial charge on any atom is -0.267 e. The first-order chi connectivity index (χ1) is 10.3. The summed E-state index contributed by atoms with van der Waals surface area (Å²) >= 11 is 6.02. The highest BCUT2D eigenvalue weighted by atomic mass is 35.5. The summed E-state index contributed by atoms with van der Waals surface area (Å²) < 4.78 is 28.0. The Morgan fingerprint density at radius 3 is 2.59 bits per heavy atom. The molecule has 116 valence electrons. The van der Waals surface area contributed by atoms with Crippen molar-refractivity contribution < 1.29 is 8.78 Å². The number of nitrogens with zero attached hydrogens (tertiary/aromatic N) is 3. The highest BCUT2D eigenvalue weighted by Gasteiger charge is 2.71. The largest absolute Gasteiger partial charge is 0.277 e. The van der Waals surface area contributed by atoms with Crippen LogP contribution in [0, 0.1) is 25.7 Å². The molecule has 2 unspecified atom stereocenters. The van der Waals surface area contributed by atoms with Crippen molar-refractivity contribution in [1.29, 1.82) is 0 Å². The van der Waals surface area contributed by atoms with E-state index < -0.39 is 17.8 Å². The van der Waals surface area contributed by atoms with E-state index in [0.717, 1.165) is 5.56 Å². The van der Waals surface area contributed by atoms with Crippen LogP contribution in [-0.2, 0) is 0 Å². The topological polar surface area (TPSA) is 47.3 Å². The summed E-state index contributed by atoms with van der Waals surface area (Å²) in [6.45, 7) is 3.44. The van der Waals surface area contributed by atoms with Crippen molar-refractivity contribution in [3.05, 3.63) is 38.4 Å². The zero-order chi connectivity index (χ0) is 15.8. The molecule has 0 amide bonds. The Balaban J connectivity index is 1.87. The number of fused-ring (bicyclic) bond motifs is 2. The smallest absolute Gasteiger partial charge is 0.267 e. The monoisotopic (exact) mass is 325 g/mol. The van der Waals surface area contributed by atoms with Gasteiger partial charge in [0.2, 0.25) is 0 Å². The molecule has 0 radical (unpaired) electrons. The van der Waals surface area contributed by atoms with Gasteiger partial charge in [0.15, 0.2) is 10.8 Å². The average molecular weight is 326 g/mol. The summed E-state index contributed by atoms with van der Waals surface area (Å²) in [5.74, 6) is -3.63. The summed E-state index contributed by atoms with van der Waals surface area (Å²) in [6.07, 6.45) is 0.826. The quantitative estimate of drug-likeness (QED) is 0.809. The molecule has 0 aliphatic heterocycles. The normalized spacial score (nSPS) is 28.9. The molecular weight excluding hydrogens is 312 g/mol. The second-order valence-corrected chi connectivity index (χ2v) is 6.73. The third kappa shape index (κ3) is 1.76. The van der Waals surface area contributed by atoms with Crippen molar-refractivity contribution in [3.63, 3.8) is 0 Å². The second kappa shape index (κ2) is 4.25. The van der Waals surface area contributed by atoms with E-state index in [0.29, 0.717) is 29.7 Å². The lowest BCUT2D eigenvalue weighted by Crippen LogP contribution is -2.23. The van der Waals surface area contributed by atoms with Gasteiger partial charge in [0.1, 0.15) is 0 Å². The van der Waals surface area contributed by atoms with Crippen LogP contribution >= 0.6 is 11.6 Å². The minimum absolute atomic E-state index is 0.0425. The van der Waals surface area contributed by atoms with Gasteiger partial charge in [-0.15, -0.1) is 0 Å². The maximum atomic E-state index is 13.4. The molecule has 0 spiro atoms. The second-order valence-electron chi connectivity index (χ2n) is 6.34. The number of halogens is 3. The van der Waals surface area contributed by atoms with Crippen molar-refractivity contribution in [3.8, 4) is 0 Å².